The minimum atomic E-state index is 0.251. The fourth-order valence-corrected chi connectivity index (χ4v) is 5.21. The Labute approximate surface area is 145 Å². The monoisotopic (exact) mass is 330 g/mol. The van der Waals surface area contributed by atoms with Gasteiger partial charge in [0, 0.05) is 11.8 Å². The fourth-order valence-electron chi connectivity index (χ4n) is 5.21. The summed E-state index contributed by atoms with van der Waals surface area (Å²) in [5, 5.41) is 22.6. The number of anilines is 2. The highest BCUT2D eigenvalue weighted by molar-refractivity contribution is 5.52. The van der Waals surface area contributed by atoms with E-state index in [0.717, 1.165) is 17.8 Å². The molecule has 2 aromatic carbocycles. The third-order valence-electron chi connectivity index (χ3n) is 6.17. The van der Waals surface area contributed by atoms with Crippen molar-refractivity contribution in [1.82, 2.24) is 0 Å². The lowest BCUT2D eigenvalue weighted by Gasteiger charge is -2.37. The van der Waals surface area contributed by atoms with Gasteiger partial charge in [-0.05, 0) is 30.7 Å². The van der Waals surface area contributed by atoms with Crippen LogP contribution in [0.1, 0.15) is 6.42 Å². The zero-order valence-corrected chi connectivity index (χ0v) is 13.6. The van der Waals surface area contributed by atoms with Crippen LogP contribution in [0.4, 0.5) is 11.4 Å². The molecule has 124 valence electrons. The van der Waals surface area contributed by atoms with Crippen molar-refractivity contribution in [3.05, 3.63) is 60.7 Å². The summed E-state index contributed by atoms with van der Waals surface area (Å²) in [6.07, 6.45) is 1.16. The maximum Gasteiger partial charge on any atom is 0.101 e. The Balaban J connectivity index is 1.36. The summed E-state index contributed by atoms with van der Waals surface area (Å²) in [4.78, 5) is 0. The maximum absolute atomic E-state index is 4.63. The molecule has 0 spiro atoms. The largest absolute Gasteiger partial charge is 0.242 e. The SMILES string of the molecule is c1ccc(N2N=N[C@@H]3C4CC([C@H]32)[C@H]2[C@H]4N=NN2c2ccccc2)cc1. The van der Waals surface area contributed by atoms with Gasteiger partial charge in [0.05, 0.1) is 23.5 Å². The van der Waals surface area contributed by atoms with Gasteiger partial charge in [-0.2, -0.15) is 10.2 Å². The number of hydrogen-bond donors (Lipinski definition) is 0. The van der Waals surface area contributed by atoms with E-state index in [1.54, 1.807) is 0 Å². The second-order valence-electron chi connectivity index (χ2n) is 7.30. The van der Waals surface area contributed by atoms with Crippen LogP contribution >= 0.6 is 0 Å². The molecule has 2 aromatic rings. The quantitative estimate of drug-likeness (QED) is 0.839. The van der Waals surface area contributed by atoms with E-state index in [4.69, 9.17) is 0 Å². The summed E-state index contributed by atoms with van der Waals surface area (Å²) in [5.74, 6) is 0.931. The van der Waals surface area contributed by atoms with E-state index in [9.17, 15) is 0 Å². The molecule has 6 atom stereocenters. The molecule has 0 saturated heterocycles. The molecule has 25 heavy (non-hydrogen) atoms. The van der Waals surface area contributed by atoms with E-state index in [2.05, 4.69) is 79.2 Å². The highest BCUT2D eigenvalue weighted by Gasteiger charge is 2.65. The van der Waals surface area contributed by atoms with Crippen LogP contribution in [-0.4, -0.2) is 24.2 Å². The van der Waals surface area contributed by atoms with Crippen LogP contribution in [0.2, 0.25) is 0 Å². The first-order chi connectivity index (χ1) is 12.4. The number of hydrogen-bond acceptors (Lipinski definition) is 6. The van der Waals surface area contributed by atoms with E-state index >= 15 is 0 Å². The molecule has 2 bridgehead atoms. The summed E-state index contributed by atoms with van der Waals surface area (Å²) in [6.45, 7) is 0. The van der Waals surface area contributed by atoms with E-state index in [1.807, 2.05) is 12.1 Å². The minimum Gasteiger partial charge on any atom is -0.242 e. The van der Waals surface area contributed by atoms with E-state index in [-0.39, 0.29) is 12.1 Å². The zero-order chi connectivity index (χ0) is 16.4. The Morgan fingerprint density at radius 2 is 1.12 bits per heavy atom. The fraction of sp³-hybridized carbons (Fsp3) is 0.368. The lowest BCUT2D eigenvalue weighted by Crippen LogP contribution is -2.53. The lowest BCUT2D eigenvalue weighted by atomic mass is 9.83. The second-order valence-corrected chi connectivity index (χ2v) is 7.30. The Hall–Kier alpha value is -2.76. The molecule has 2 aliphatic carbocycles. The second kappa shape index (κ2) is 4.88. The van der Waals surface area contributed by atoms with Gasteiger partial charge < -0.3 is 0 Å². The van der Waals surface area contributed by atoms with Crippen molar-refractivity contribution in [3.63, 3.8) is 0 Å². The number of para-hydroxylation sites is 2. The van der Waals surface area contributed by atoms with Crippen molar-refractivity contribution in [3.8, 4) is 0 Å². The van der Waals surface area contributed by atoms with E-state index < -0.39 is 0 Å². The van der Waals surface area contributed by atoms with Crippen molar-refractivity contribution < 1.29 is 0 Å². The van der Waals surface area contributed by atoms with Crippen LogP contribution in [0, 0.1) is 11.8 Å². The first-order valence-corrected chi connectivity index (χ1v) is 8.92. The van der Waals surface area contributed by atoms with Gasteiger partial charge in [0.2, 0.25) is 0 Å². The third kappa shape index (κ3) is 1.74. The van der Waals surface area contributed by atoms with Crippen molar-refractivity contribution in [2.45, 2.75) is 30.6 Å². The van der Waals surface area contributed by atoms with Gasteiger partial charge in [-0.1, -0.05) is 46.8 Å². The number of nitrogens with zero attached hydrogens (tertiary/aromatic N) is 6. The summed E-state index contributed by atoms with van der Waals surface area (Å²) in [5.41, 5.74) is 2.25. The average molecular weight is 330 g/mol. The first-order valence-electron chi connectivity index (χ1n) is 8.92. The van der Waals surface area contributed by atoms with E-state index in [1.165, 1.54) is 0 Å². The molecule has 6 rings (SSSR count). The molecule has 0 aromatic heterocycles. The van der Waals surface area contributed by atoms with Crippen molar-refractivity contribution >= 4 is 11.4 Å². The minimum absolute atomic E-state index is 0.251. The van der Waals surface area contributed by atoms with Gasteiger partial charge in [-0.3, -0.25) is 0 Å². The van der Waals surface area contributed by atoms with Gasteiger partial charge in [-0.15, -0.1) is 0 Å². The van der Waals surface area contributed by atoms with Gasteiger partial charge in [0.1, 0.15) is 12.1 Å². The molecule has 2 unspecified atom stereocenters. The molecule has 2 aliphatic heterocycles. The van der Waals surface area contributed by atoms with Crippen LogP contribution in [0.25, 0.3) is 0 Å². The van der Waals surface area contributed by atoms with Gasteiger partial charge in [-0.25, -0.2) is 10.0 Å². The number of rotatable bonds is 2. The Bertz CT molecular complexity index is 781. The Morgan fingerprint density at radius 1 is 0.640 bits per heavy atom. The third-order valence-corrected chi connectivity index (χ3v) is 6.17. The molecule has 0 amide bonds. The molecular weight excluding hydrogens is 312 g/mol. The summed E-state index contributed by atoms with van der Waals surface area (Å²) in [6, 6.07) is 21.9. The molecular formula is C19H18N6. The normalized spacial score (nSPS) is 37.0. The molecule has 0 radical (unpaired) electrons. The molecule has 2 saturated carbocycles. The molecule has 2 heterocycles. The molecule has 0 N–H and O–H groups in total. The first kappa shape index (κ1) is 13.5. The summed E-state index contributed by atoms with van der Waals surface area (Å²) in [7, 11) is 0. The Morgan fingerprint density at radius 3 is 1.60 bits per heavy atom. The molecule has 6 heteroatoms. The van der Waals surface area contributed by atoms with Crippen LogP contribution < -0.4 is 10.0 Å². The van der Waals surface area contributed by atoms with Crippen molar-refractivity contribution in [2.75, 3.05) is 10.0 Å². The van der Waals surface area contributed by atoms with Gasteiger partial charge in [0.25, 0.3) is 0 Å². The zero-order valence-electron chi connectivity index (χ0n) is 13.6. The van der Waals surface area contributed by atoms with Crippen LogP contribution in [0.15, 0.2) is 81.3 Å². The topological polar surface area (TPSA) is 55.9 Å². The van der Waals surface area contributed by atoms with Gasteiger partial charge >= 0.3 is 0 Å². The number of fused-ring (bicyclic) bond motifs is 8. The van der Waals surface area contributed by atoms with Crippen LogP contribution in [0.5, 0.6) is 0 Å². The van der Waals surface area contributed by atoms with Crippen LogP contribution in [-0.2, 0) is 0 Å². The molecule has 4 aliphatic rings. The summed E-state index contributed by atoms with van der Waals surface area (Å²) < 4.78 is 0. The standard InChI is InChI=1S/C19H18N6/c1-3-7-12(8-4-1)24-18-15-11-14(16(18)20-22-24)17-19(15)25(23-21-17)13-9-5-2-6-10-13/h1-10,14-19H,11H2/t14?,15?,16-,17+,18-,19+. The number of benzene rings is 2. The lowest BCUT2D eigenvalue weighted by molar-refractivity contribution is 0.318. The average Bonchev–Trinajstić information content (AvgIpc) is 3.41. The predicted octanol–water partition coefficient (Wildman–Crippen LogP) is 3.89. The van der Waals surface area contributed by atoms with Crippen molar-refractivity contribution in [1.29, 1.82) is 0 Å². The molecule has 2 fully saturated rings. The van der Waals surface area contributed by atoms with Gasteiger partial charge in [0.15, 0.2) is 0 Å². The predicted molar refractivity (Wildman–Crippen MR) is 94.3 cm³/mol. The van der Waals surface area contributed by atoms with Crippen molar-refractivity contribution in [2.24, 2.45) is 32.5 Å². The molecule has 6 nitrogen and oxygen atoms in total. The Kier molecular flexibility index (Phi) is 2.64. The highest BCUT2D eigenvalue weighted by Crippen LogP contribution is 2.56. The maximum atomic E-state index is 4.63. The summed E-state index contributed by atoms with van der Waals surface area (Å²) >= 11 is 0. The van der Waals surface area contributed by atoms with Crippen LogP contribution in [0.3, 0.4) is 0 Å². The van der Waals surface area contributed by atoms with E-state index in [0.29, 0.717) is 23.9 Å². The highest BCUT2D eigenvalue weighted by atomic mass is 15.6. The smallest absolute Gasteiger partial charge is 0.101 e.